The van der Waals surface area contributed by atoms with Crippen LogP contribution in [0.3, 0.4) is 0 Å². The third-order valence-electron chi connectivity index (χ3n) is 4.52. The highest BCUT2D eigenvalue weighted by atomic mass is 16.5. The largest absolute Gasteiger partial charge is 0.507 e. The van der Waals surface area contributed by atoms with Crippen LogP contribution < -0.4 is 0 Å². The highest BCUT2D eigenvalue weighted by molar-refractivity contribution is 6.06. The van der Waals surface area contributed by atoms with E-state index in [1.165, 1.54) is 6.07 Å². The summed E-state index contributed by atoms with van der Waals surface area (Å²) in [6, 6.07) is 5.06. The third-order valence-corrected chi connectivity index (χ3v) is 4.52. The normalized spacial score (nSPS) is 15.2. The van der Waals surface area contributed by atoms with E-state index in [0.29, 0.717) is 30.7 Å². The van der Waals surface area contributed by atoms with E-state index in [0.717, 1.165) is 24.3 Å². The van der Waals surface area contributed by atoms with Crippen LogP contribution in [0.15, 0.2) is 12.1 Å². The minimum absolute atomic E-state index is 0.135. The lowest BCUT2D eigenvalue weighted by atomic mass is 10.1. The Labute approximate surface area is 146 Å². The third kappa shape index (κ3) is 3.18. The molecule has 1 fully saturated rings. The molecule has 1 N–H and O–H groups in total. The quantitative estimate of drug-likeness (QED) is 0.851. The molecule has 25 heavy (non-hydrogen) atoms. The molecule has 2 heterocycles. The zero-order valence-corrected chi connectivity index (χ0v) is 14.4. The number of phenolic OH excluding ortho intramolecular Hbond substituents is 1. The summed E-state index contributed by atoms with van der Waals surface area (Å²) >= 11 is 0. The topological polar surface area (TPSA) is 87.7 Å². The number of esters is 1. The van der Waals surface area contributed by atoms with Crippen molar-refractivity contribution < 1.29 is 19.4 Å². The van der Waals surface area contributed by atoms with Crippen molar-refractivity contribution in [2.45, 2.75) is 13.5 Å². The summed E-state index contributed by atoms with van der Waals surface area (Å²) in [5, 5.41) is 19.8. The van der Waals surface area contributed by atoms with Gasteiger partial charge in [0.05, 0.1) is 36.5 Å². The lowest BCUT2D eigenvalue weighted by Crippen LogP contribution is -2.36. The van der Waals surface area contributed by atoms with Gasteiger partial charge in [-0.15, -0.1) is 0 Å². The molecule has 0 spiro atoms. The Hall–Kier alpha value is -2.56. The van der Waals surface area contributed by atoms with Crippen molar-refractivity contribution in [3.63, 3.8) is 0 Å². The van der Waals surface area contributed by atoms with Crippen molar-refractivity contribution in [1.29, 1.82) is 5.26 Å². The molecule has 2 aromatic rings. The van der Waals surface area contributed by atoms with Gasteiger partial charge in [-0.25, -0.2) is 4.79 Å². The van der Waals surface area contributed by atoms with Gasteiger partial charge in [0.2, 0.25) is 0 Å². The zero-order valence-electron chi connectivity index (χ0n) is 14.4. The van der Waals surface area contributed by atoms with Gasteiger partial charge in [0.25, 0.3) is 0 Å². The first kappa shape index (κ1) is 17.3. The van der Waals surface area contributed by atoms with E-state index in [2.05, 4.69) is 4.90 Å². The number of phenols is 1. The lowest BCUT2D eigenvalue weighted by Gasteiger charge is -2.27. The monoisotopic (exact) mass is 343 g/mol. The second-order valence-corrected chi connectivity index (χ2v) is 5.99. The Morgan fingerprint density at radius 1 is 1.40 bits per heavy atom. The summed E-state index contributed by atoms with van der Waals surface area (Å²) in [6.07, 6.45) is 0. The molecule has 0 saturated carbocycles. The summed E-state index contributed by atoms with van der Waals surface area (Å²) in [7, 11) is 1.86. The standard InChI is InChI=1S/C18H21N3O4/c1-3-25-18(23)17-13-9-16(22)12(10-19)8-14(13)20(2)15(17)11-21-4-6-24-7-5-21/h8-9,22H,3-7,11H2,1-2H3. The summed E-state index contributed by atoms with van der Waals surface area (Å²) in [5.74, 6) is -0.551. The highest BCUT2D eigenvalue weighted by Crippen LogP contribution is 2.32. The minimum atomic E-state index is -0.416. The number of aromatic hydroxyl groups is 1. The molecule has 0 unspecified atom stereocenters. The van der Waals surface area contributed by atoms with Gasteiger partial charge >= 0.3 is 5.97 Å². The highest BCUT2D eigenvalue weighted by Gasteiger charge is 2.25. The number of nitriles is 1. The molecule has 0 amide bonds. The van der Waals surface area contributed by atoms with Crippen LogP contribution in [0.2, 0.25) is 0 Å². The van der Waals surface area contributed by atoms with E-state index in [9.17, 15) is 9.90 Å². The molecule has 1 saturated heterocycles. The molecule has 7 heteroatoms. The van der Waals surface area contributed by atoms with Gasteiger partial charge in [-0.1, -0.05) is 0 Å². The van der Waals surface area contributed by atoms with Crippen molar-refractivity contribution in [3.8, 4) is 11.8 Å². The number of carbonyl (C=O) groups is 1. The average Bonchev–Trinajstić information content (AvgIpc) is 2.87. The van der Waals surface area contributed by atoms with E-state index >= 15 is 0 Å². The lowest BCUT2D eigenvalue weighted by molar-refractivity contribution is 0.0328. The van der Waals surface area contributed by atoms with Gasteiger partial charge < -0.3 is 19.1 Å². The van der Waals surface area contributed by atoms with Crippen molar-refractivity contribution in [1.82, 2.24) is 9.47 Å². The number of rotatable bonds is 4. The molecule has 1 aromatic carbocycles. The van der Waals surface area contributed by atoms with Gasteiger partial charge in [0.15, 0.2) is 0 Å². The fourth-order valence-corrected chi connectivity index (χ4v) is 3.20. The molecule has 0 atom stereocenters. The van der Waals surface area contributed by atoms with Crippen LogP contribution in [-0.2, 0) is 23.1 Å². The fraction of sp³-hybridized carbons (Fsp3) is 0.444. The Balaban J connectivity index is 2.15. The maximum Gasteiger partial charge on any atom is 0.340 e. The number of nitrogens with zero attached hydrogens (tertiary/aromatic N) is 3. The van der Waals surface area contributed by atoms with Crippen molar-refractivity contribution in [3.05, 3.63) is 29.0 Å². The fourth-order valence-electron chi connectivity index (χ4n) is 3.20. The minimum Gasteiger partial charge on any atom is -0.507 e. The number of benzene rings is 1. The molecule has 1 aliphatic rings. The van der Waals surface area contributed by atoms with Crippen LogP contribution in [0, 0.1) is 11.3 Å². The van der Waals surface area contributed by atoms with Gasteiger partial charge in [-0.05, 0) is 19.1 Å². The molecule has 0 bridgehead atoms. The summed E-state index contributed by atoms with van der Waals surface area (Å²) in [5.41, 5.74) is 2.16. The maximum atomic E-state index is 12.6. The van der Waals surface area contributed by atoms with Gasteiger partial charge in [0.1, 0.15) is 11.8 Å². The number of hydrogen-bond acceptors (Lipinski definition) is 6. The smallest absolute Gasteiger partial charge is 0.340 e. The van der Waals surface area contributed by atoms with E-state index in [4.69, 9.17) is 14.7 Å². The molecule has 0 radical (unpaired) electrons. The number of aryl methyl sites for hydroxylation is 1. The van der Waals surface area contributed by atoms with Gasteiger partial charge in [-0.2, -0.15) is 5.26 Å². The summed E-state index contributed by atoms with van der Waals surface area (Å²) in [6.45, 7) is 5.52. The van der Waals surface area contributed by atoms with Crippen molar-refractivity contribution >= 4 is 16.9 Å². The average molecular weight is 343 g/mol. The summed E-state index contributed by atoms with van der Waals surface area (Å²) < 4.78 is 12.5. The first-order chi connectivity index (χ1) is 12.1. The van der Waals surface area contributed by atoms with Crippen LogP contribution in [-0.4, -0.2) is 53.5 Å². The molecule has 3 rings (SSSR count). The Morgan fingerprint density at radius 3 is 2.76 bits per heavy atom. The number of hydrogen-bond donors (Lipinski definition) is 1. The van der Waals surface area contributed by atoms with E-state index in [1.807, 2.05) is 17.7 Å². The van der Waals surface area contributed by atoms with Crippen LogP contribution in [0.1, 0.15) is 28.5 Å². The van der Waals surface area contributed by atoms with Gasteiger partial charge in [0, 0.05) is 37.8 Å². The Morgan fingerprint density at radius 2 is 2.12 bits per heavy atom. The van der Waals surface area contributed by atoms with Crippen LogP contribution in [0.5, 0.6) is 5.75 Å². The second kappa shape index (κ2) is 7.13. The van der Waals surface area contributed by atoms with Crippen LogP contribution >= 0.6 is 0 Å². The first-order valence-electron chi connectivity index (χ1n) is 8.28. The molecular weight excluding hydrogens is 322 g/mol. The zero-order chi connectivity index (χ0) is 18.0. The van der Waals surface area contributed by atoms with Crippen LogP contribution in [0.25, 0.3) is 10.9 Å². The molecular formula is C18H21N3O4. The van der Waals surface area contributed by atoms with E-state index in [1.54, 1.807) is 13.0 Å². The molecule has 1 aromatic heterocycles. The summed E-state index contributed by atoms with van der Waals surface area (Å²) in [4.78, 5) is 14.8. The van der Waals surface area contributed by atoms with Crippen LogP contribution in [0.4, 0.5) is 0 Å². The van der Waals surface area contributed by atoms with Crippen molar-refractivity contribution in [2.75, 3.05) is 32.9 Å². The predicted octanol–water partition coefficient (Wildman–Crippen LogP) is 1.76. The molecule has 1 aliphatic heterocycles. The Kier molecular flexibility index (Phi) is 4.93. The Bertz CT molecular complexity index is 844. The predicted molar refractivity (Wildman–Crippen MR) is 91.4 cm³/mol. The SMILES string of the molecule is CCOC(=O)c1c(CN2CCOCC2)n(C)c2cc(C#N)c(O)cc12. The molecule has 132 valence electrons. The number of aromatic nitrogens is 1. The molecule has 0 aliphatic carbocycles. The number of carbonyl (C=O) groups excluding carboxylic acids is 1. The first-order valence-corrected chi connectivity index (χ1v) is 8.28. The second-order valence-electron chi connectivity index (χ2n) is 5.99. The molecule has 7 nitrogen and oxygen atoms in total. The maximum absolute atomic E-state index is 12.6. The van der Waals surface area contributed by atoms with Crippen molar-refractivity contribution in [2.24, 2.45) is 7.05 Å². The number of fused-ring (bicyclic) bond motifs is 1. The van der Waals surface area contributed by atoms with E-state index in [-0.39, 0.29) is 17.9 Å². The van der Waals surface area contributed by atoms with E-state index < -0.39 is 5.97 Å². The van der Waals surface area contributed by atoms with Gasteiger partial charge in [-0.3, -0.25) is 4.90 Å². The number of morpholine rings is 1. The number of ether oxygens (including phenoxy) is 2.